The summed E-state index contributed by atoms with van der Waals surface area (Å²) in [4.78, 5) is 18.7. The highest BCUT2D eigenvalue weighted by Crippen LogP contribution is 2.35. The molecule has 13 heteroatoms. The number of halogens is 2. The topological polar surface area (TPSA) is 105 Å². The first-order valence-corrected chi connectivity index (χ1v) is 17.0. The fraction of sp³-hybridized carbons (Fsp3) is 0.469. The van der Waals surface area contributed by atoms with Crippen LogP contribution in [0.4, 0.5) is 20.4 Å². The highest BCUT2D eigenvalue weighted by Gasteiger charge is 2.32. The maximum Gasteiger partial charge on any atom is 0.232 e. The summed E-state index contributed by atoms with van der Waals surface area (Å²) in [5, 5.41) is 0. The number of likely N-dealkylation sites (tertiary alicyclic amines) is 1. The molecule has 2 aromatic heterocycles. The van der Waals surface area contributed by atoms with Gasteiger partial charge < -0.3 is 14.2 Å². The summed E-state index contributed by atoms with van der Waals surface area (Å²) >= 11 is 0. The molecule has 0 spiro atoms. The van der Waals surface area contributed by atoms with Crippen molar-refractivity contribution in [3.8, 4) is 5.69 Å². The van der Waals surface area contributed by atoms with E-state index in [0.29, 0.717) is 35.0 Å². The Balaban J connectivity index is 1.43. The third-order valence-corrected chi connectivity index (χ3v) is 10.5. The summed E-state index contributed by atoms with van der Waals surface area (Å²) < 4.78 is 65.4. The summed E-state index contributed by atoms with van der Waals surface area (Å²) in [6, 6.07) is 2.89. The summed E-state index contributed by atoms with van der Waals surface area (Å²) in [5.41, 5.74) is 2.57. The van der Waals surface area contributed by atoms with Crippen molar-refractivity contribution in [3.63, 3.8) is 0 Å². The zero-order valence-corrected chi connectivity index (χ0v) is 26.8. The van der Waals surface area contributed by atoms with E-state index in [2.05, 4.69) is 24.5 Å². The van der Waals surface area contributed by atoms with E-state index in [9.17, 15) is 8.42 Å². The number of nitrogens with one attached hydrogen (secondary N) is 1. The van der Waals surface area contributed by atoms with Crippen LogP contribution in [0.2, 0.25) is 0 Å². The number of hydrogen-bond donors (Lipinski definition) is 1. The largest absolute Gasteiger partial charge is 0.378 e. The van der Waals surface area contributed by atoms with E-state index in [-0.39, 0.29) is 23.4 Å². The van der Waals surface area contributed by atoms with Crippen LogP contribution in [0.25, 0.3) is 22.3 Å². The Morgan fingerprint density at radius 2 is 1.93 bits per heavy atom. The summed E-state index contributed by atoms with van der Waals surface area (Å²) in [6.07, 6.45) is 11.0. The Kier molecular flexibility index (Phi) is 8.77. The van der Waals surface area contributed by atoms with Crippen molar-refractivity contribution in [3.05, 3.63) is 59.6 Å². The van der Waals surface area contributed by atoms with Gasteiger partial charge in [0.2, 0.25) is 16.0 Å². The molecule has 2 fully saturated rings. The quantitative estimate of drug-likeness (QED) is 0.345. The van der Waals surface area contributed by atoms with Gasteiger partial charge in [0.05, 0.1) is 42.4 Å². The molecule has 1 atom stereocenters. The van der Waals surface area contributed by atoms with Gasteiger partial charge in [0.1, 0.15) is 17.0 Å². The second-order valence-electron chi connectivity index (χ2n) is 12.1. The van der Waals surface area contributed by atoms with Gasteiger partial charge in [-0.2, -0.15) is 0 Å². The van der Waals surface area contributed by atoms with Gasteiger partial charge in [-0.15, -0.1) is 0 Å². The maximum absolute atomic E-state index is 16.0. The molecule has 0 saturated carbocycles. The molecule has 3 aliphatic rings. The Morgan fingerprint density at radius 3 is 2.62 bits per heavy atom. The predicted molar refractivity (Wildman–Crippen MR) is 173 cm³/mol. The highest BCUT2D eigenvalue weighted by molar-refractivity contribution is 7.92. The number of anilines is 2. The van der Waals surface area contributed by atoms with Crippen LogP contribution in [0.15, 0.2) is 47.4 Å². The first-order valence-electron chi connectivity index (χ1n) is 15.4. The zero-order chi connectivity index (χ0) is 31.9. The molecule has 3 aromatic rings. The molecule has 10 nitrogen and oxygen atoms in total. The number of nitrogens with zero attached hydrogens (tertiary/aromatic N) is 6. The average molecular weight is 640 g/mol. The van der Waals surface area contributed by atoms with Crippen molar-refractivity contribution < 1.29 is 21.9 Å². The van der Waals surface area contributed by atoms with Gasteiger partial charge >= 0.3 is 0 Å². The number of rotatable bonds is 9. The van der Waals surface area contributed by atoms with E-state index in [1.165, 1.54) is 4.57 Å². The smallest absolute Gasteiger partial charge is 0.232 e. The van der Waals surface area contributed by atoms with E-state index in [1.807, 2.05) is 33.2 Å². The van der Waals surface area contributed by atoms with Gasteiger partial charge in [0.15, 0.2) is 5.82 Å². The molecular weight excluding hydrogens is 600 g/mol. The lowest BCUT2D eigenvalue weighted by atomic mass is 10.00. The maximum atomic E-state index is 16.0. The second-order valence-corrected chi connectivity index (χ2v) is 14.0. The van der Waals surface area contributed by atoms with E-state index in [1.54, 1.807) is 25.5 Å². The van der Waals surface area contributed by atoms with Crippen LogP contribution in [0.1, 0.15) is 45.6 Å². The van der Waals surface area contributed by atoms with Crippen LogP contribution >= 0.6 is 0 Å². The number of hydrogen-bond acceptors (Lipinski definition) is 8. The molecule has 3 aliphatic heterocycles. The fourth-order valence-corrected chi connectivity index (χ4v) is 7.19. The minimum atomic E-state index is -3.82. The minimum Gasteiger partial charge on any atom is -0.378 e. The summed E-state index contributed by atoms with van der Waals surface area (Å²) in [5.74, 6) is -1.44. The van der Waals surface area contributed by atoms with Crippen molar-refractivity contribution in [1.29, 1.82) is 0 Å². The number of aliphatic imine (C=N–C) groups is 1. The molecule has 0 bridgehead atoms. The van der Waals surface area contributed by atoms with Gasteiger partial charge in [-0.25, -0.2) is 27.2 Å². The van der Waals surface area contributed by atoms with Gasteiger partial charge in [-0.1, -0.05) is 25.5 Å². The van der Waals surface area contributed by atoms with Gasteiger partial charge in [0.25, 0.3) is 0 Å². The van der Waals surface area contributed by atoms with E-state index in [0.717, 1.165) is 62.4 Å². The molecule has 1 unspecified atom stereocenters. The van der Waals surface area contributed by atoms with E-state index < -0.39 is 27.3 Å². The van der Waals surface area contributed by atoms with Crippen LogP contribution in [0.3, 0.4) is 0 Å². The summed E-state index contributed by atoms with van der Waals surface area (Å²) in [7, 11) is -1.83. The number of piperidine rings is 1. The molecule has 1 N–H and O–H groups in total. The molecule has 0 amide bonds. The van der Waals surface area contributed by atoms with Crippen LogP contribution in [0.5, 0.6) is 0 Å². The monoisotopic (exact) mass is 639 g/mol. The van der Waals surface area contributed by atoms with Crippen LogP contribution in [-0.4, -0.2) is 85.3 Å². The minimum absolute atomic E-state index is 0.114. The first kappa shape index (κ1) is 31.3. The lowest BCUT2D eigenvalue weighted by molar-refractivity contribution is -0.0711. The van der Waals surface area contributed by atoms with E-state index >= 15 is 8.78 Å². The molecular formula is C32H39F2N7O3S. The first-order chi connectivity index (χ1) is 21.6. The average Bonchev–Trinajstić information content (AvgIpc) is 3.26. The van der Waals surface area contributed by atoms with Crippen molar-refractivity contribution >= 4 is 44.5 Å². The van der Waals surface area contributed by atoms with Crippen molar-refractivity contribution in [1.82, 2.24) is 19.4 Å². The SMILES string of the molecule is CCCS(=O)(=O)Nc1ccc(F)c(-n2cc(C3=CN=CC(C)C(C)=C3)c3nc(N(C)C4CCN(C5COC5)CC4)ncc32)c1F. The van der Waals surface area contributed by atoms with Crippen molar-refractivity contribution in [2.75, 3.05) is 48.7 Å². The standard InChI is InChI=1S/C32H39F2N7O3S/c1-5-12-45(42,43)38-27-7-6-26(33)31(29(27)34)41-17-25(22-13-20(2)21(3)14-35-15-22)30-28(41)16-36-32(37-30)39(4)23-8-10-40(11-9-23)24-18-44-19-24/h6-7,13-17,21,23-24,38H,5,8-12,18-19H2,1-4H3. The molecule has 0 radical (unpaired) electrons. The van der Waals surface area contributed by atoms with Crippen LogP contribution < -0.4 is 9.62 Å². The lowest BCUT2D eigenvalue weighted by Gasteiger charge is -2.43. The normalized spacial score (nSPS) is 20.1. The van der Waals surface area contributed by atoms with Gasteiger partial charge in [0, 0.05) is 61.8 Å². The number of ether oxygens (including phenoxy) is 1. The molecule has 5 heterocycles. The number of allylic oxidation sites excluding steroid dienone is 3. The Labute approximate surface area is 262 Å². The number of benzene rings is 1. The van der Waals surface area contributed by atoms with Gasteiger partial charge in [-0.05, 0) is 38.3 Å². The Morgan fingerprint density at radius 1 is 1.18 bits per heavy atom. The lowest BCUT2D eigenvalue weighted by Crippen LogP contribution is -2.54. The number of sulfonamides is 1. The van der Waals surface area contributed by atoms with Crippen LogP contribution in [0, 0.1) is 17.6 Å². The zero-order valence-electron chi connectivity index (χ0n) is 26.0. The molecule has 240 valence electrons. The third-order valence-electron chi connectivity index (χ3n) is 9.01. The van der Waals surface area contributed by atoms with Crippen LogP contribution in [-0.2, 0) is 14.8 Å². The van der Waals surface area contributed by atoms with Gasteiger partial charge in [-0.3, -0.25) is 14.6 Å². The third kappa shape index (κ3) is 6.25. The Bertz CT molecular complexity index is 1790. The fourth-order valence-electron chi connectivity index (χ4n) is 6.06. The molecule has 6 rings (SSSR count). The van der Waals surface area contributed by atoms with E-state index in [4.69, 9.17) is 9.72 Å². The highest BCUT2D eigenvalue weighted by atomic mass is 32.2. The number of aromatic nitrogens is 3. The second kappa shape index (κ2) is 12.6. The molecule has 1 aromatic carbocycles. The number of fused-ring (bicyclic) bond motifs is 1. The van der Waals surface area contributed by atoms with Crippen molar-refractivity contribution in [2.24, 2.45) is 10.9 Å². The molecule has 0 aliphatic carbocycles. The predicted octanol–water partition coefficient (Wildman–Crippen LogP) is 5.16. The molecule has 2 saturated heterocycles. The summed E-state index contributed by atoms with van der Waals surface area (Å²) in [6.45, 7) is 9.29. The molecule has 45 heavy (non-hydrogen) atoms. The Hall–Kier alpha value is -3.68. The van der Waals surface area contributed by atoms with Crippen molar-refractivity contribution in [2.45, 2.75) is 52.1 Å².